The van der Waals surface area contributed by atoms with Crippen molar-refractivity contribution < 1.29 is 19.1 Å². The molecule has 0 saturated carbocycles. The van der Waals surface area contributed by atoms with Crippen molar-refractivity contribution in [1.82, 2.24) is 14.7 Å². The maximum absolute atomic E-state index is 15.1. The van der Waals surface area contributed by atoms with Crippen molar-refractivity contribution in [3.05, 3.63) is 70.0 Å². The Balaban J connectivity index is 1.26. The summed E-state index contributed by atoms with van der Waals surface area (Å²) in [5.41, 5.74) is 5.23. The lowest BCUT2D eigenvalue weighted by molar-refractivity contribution is -0.141. The number of likely N-dealkylation sites (tertiary alicyclic amines) is 1. The number of carboxylic acids is 1. The lowest BCUT2D eigenvalue weighted by Gasteiger charge is -2.43. The third kappa shape index (κ3) is 5.96. The van der Waals surface area contributed by atoms with Crippen molar-refractivity contribution in [3.63, 3.8) is 0 Å². The standard InChI is InChI=1S/C33H44FN3O3/c1-21-6-10-27(30(34)14-21)28-19-36(33(3,4)5)20-29(28)32(40)37-13-12-35(18-22(37)2)26-16-24-9-7-23(8-11-31(38)39)15-25(24)17-26/h6-7,9-10,14-15,22,26,28-29H,8,11-13,16-20H2,1-5H3,(H,38,39)/t22-,26-,28?,29?/m0/s1. The van der Waals surface area contributed by atoms with Crippen molar-refractivity contribution in [3.8, 4) is 0 Å². The van der Waals surface area contributed by atoms with Crippen LogP contribution < -0.4 is 0 Å². The average Bonchev–Trinajstić information content (AvgIpc) is 3.52. The van der Waals surface area contributed by atoms with Crippen LogP contribution in [0.15, 0.2) is 36.4 Å². The lowest BCUT2D eigenvalue weighted by atomic mass is 9.86. The molecule has 1 amide bonds. The van der Waals surface area contributed by atoms with Crippen LogP contribution in [0.4, 0.5) is 4.39 Å². The molecule has 40 heavy (non-hydrogen) atoms. The molecule has 2 saturated heterocycles. The normalized spacial score (nSPS) is 25.8. The van der Waals surface area contributed by atoms with Gasteiger partial charge in [-0.05, 0) is 87.8 Å². The first kappa shape index (κ1) is 28.7. The molecule has 0 spiro atoms. The van der Waals surface area contributed by atoms with Gasteiger partial charge in [0.2, 0.25) is 5.91 Å². The van der Waals surface area contributed by atoms with Crippen molar-refractivity contribution in [2.45, 2.75) is 83.8 Å². The summed E-state index contributed by atoms with van der Waals surface area (Å²) < 4.78 is 15.1. The predicted octanol–water partition coefficient (Wildman–Crippen LogP) is 4.67. The summed E-state index contributed by atoms with van der Waals surface area (Å²) in [6.07, 6.45) is 2.68. The van der Waals surface area contributed by atoms with Gasteiger partial charge < -0.3 is 10.0 Å². The lowest BCUT2D eigenvalue weighted by Crippen LogP contribution is -2.58. The second kappa shape index (κ2) is 11.2. The van der Waals surface area contributed by atoms with Gasteiger partial charge in [0.1, 0.15) is 5.82 Å². The molecule has 1 aliphatic carbocycles. The predicted molar refractivity (Wildman–Crippen MR) is 155 cm³/mol. The molecule has 4 atom stereocenters. The molecule has 2 aromatic rings. The fraction of sp³-hybridized carbons (Fsp3) is 0.576. The number of rotatable bonds is 6. The van der Waals surface area contributed by atoms with Crippen molar-refractivity contribution >= 4 is 11.9 Å². The monoisotopic (exact) mass is 549 g/mol. The van der Waals surface area contributed by atoms with Crippen molar-refractivity contribution in [2.75, 3.05) is 32.7 Å². The highest BCUT2D eigenvalue weighted by Gasteiger charge is 2.46. The summed E-state index contributed by atoms with van der Waals surface area (Å²) in [7, 11) is 0. The largest absolute Gasteiger partial charge is 0.481 e. The molecule has 2 aliphatic heterocycles. The van der Waals surface area contributed by atoms with Crippen molar-refractivity contribution in [2.24, 2.45) is 5.92 Å². The van der Waals surface area contributed by atoms with E-state index >= 15 is 4.39 Å². The molecule has 2 heterocycles. The highest BCUT2D eigenvalue weighted by molar-refractivity contribution is 5.81. The van der Waals surface area contributed by atoms with E-state index in [4.69, 9.17) is 5.11 Å². The SMILES string of the molecule is Cc1ccc(C2CN(C(C)(C)C)CC2C(=O)N2CCN([C@H]3Cc4ccc(CCC(=O)O)cc4C3)C[C@@H]2C)c(F)c1. The summed E-state index contributed by atoms with van der Waals surface area (Å²) in [6, 6.07) is 12.3. The number of nitrogens with zero attached hydrogens (tertiary/aromatic N) is 3. The fourth-order valence-electron chi connectivity index (χ4n) is 7.02. The number of carbonyl (C=O) groups excluding carboxylic acids is 1. The smallest absolute Gasteiger partial charge is 0.303 e. The van der Waals surface area contributed by atoms with Gasteiger partial charge in [0.05, 0.1) is 5.92 Å². The minimum atomic E-state index is -0.765. The van der Waals surface area contributed by atoms with Gasteiger partial charge in [-0.1, -0.05) is 30.3 Å². The zero-order valence-corrected chi connectivity index (χ0v) is 24.6. The zero-order chi connectivity index (χ0) is 28.8. The summed E-state index contributed by atoms with van der Waals surface area (Å²) >= 11 is 0. The van der Waals surface area contributed by atoms with Gasteiger partial charge in [-0.2, -0.15) is 0 Å². The minimum Gasteiger partial charge on any atom is -0.481 e. The zero-order valence-electron chi connectivity index (χ0n) is 24.6. The summed E-state index contributed by atoms with van der Waals surface area (Å²) in [5.74, 6) is -1.23. The van der Waals surface area contributed by atoms with Crippen LogP contribution in [0.25, 0.3) is 0 Å². The molecule has 5 rings (SSSR count). The Bertz CT molecular complexity index is 1270. The van der Waals surface area contributed by atoms with Crippen LogP contribution in [0.1, 0.15) is 67.9 Å². The molecular weight excluding hydrogens is 505 g/mol. The van der Waals surface area contributed by atoms with Crippen LogP contribution in [0.3, 0.4) is 0 Å². The average molecular weight is 550 g/mol. The molecule has 0 bridgehead atoms. The van der Waals surface area contributed by atoms with E-state index in [0.29, 0.717) is 37.7 Å². The van der Waals surface area contributed by atoms with E-state index in [1.807, 2.05) is 19.1 Å². The van der Waals surface area contributed by atoms with Crippen LogP contribution in [-0.2, 0) is 28.9 Å². The number of fused-ring (bicyclic) bond motifs is 1. The number of amides is 1. The molecule has 2 fully saturated rings. The third-order valence-corrected chi connectivity index (χ3v) is 9.41. The highest BCUT2D eigenvalue weighted by Crippen LogP contribution is 2.39. The number of carbonyl (C=O) groups is 2. The van der Waals surface area contributed by atoms with E-state index in [1.54, 1.807) is 6.07 Å². The summed E-state index contributed by atoms with van der Waals surface area (Å²) in [6.45, 7) is 14.2. The third-order valence-electron chi connectivity index (χ3n) is 9.41. The number of piperazine rings is 1. The molecule has 0 radical (unpaired) electrons. The Hall–Kier alpha value is -2.77. The van der Waals surface area contributed by atoms with E-state index in [1.165, 1.54) is 11.1 Å². The number of hydrogen-bond donors (Lipinski definition) is 1. The number of hydrogen-bond acceptors (Lipinski definition) is 4. The summed E-state index contributed by atoms with van der Waals surface area (Å²) in [4.78, 5) is 32.0. The Labute approximate surface area is 238 Å². The Morgan fingerprint density at radius 2 is 1.75 bits per heavy atom. The number of aliphatic carboxylic acids is 1. The molecule has 1 N–H and O–H groups in total. The maximum Gasteiger partial charge on any atom is 0.303 e. The molecule has 216 valence electrons. The van der Waals surface area contributed by atoms with E-state index in [2.05, 4.69) is 60.6 Å². The molecule has 0 aromatic heterocycles. The number of halogens is 1. The van der Waals surface area contributed by atoms with Gasteiger partial charge in [0, 0.05) is 62.7 Å². The van der Waals surface area contributed by atoms with Crippen LogP contribution in [-0.4, -0.2) is 82.0 Å². The quantitative estimate of drug-likeness (QED) is 0.568. The van der Waals surface area contributed by atoms with Gasteiger partial charge in [-0.25, -0.2) is 4.39 Å². The van der Waals surface area contributed by atoms with E-state index in [9.17, 15) is 9.59 Å². The molecular formula is C33H44FN3O3. The number of benzene rings is 2. The van der Waals surface area contributed by atoms with E-state index in [-0.39, 0.29) is 41.6 Å². The van der Waals surface area contributed by atoms with Gasteiger partial charge in [-0.15, -0.1) is 0 Å². The second-order valence-corrected chi connectivity index (χ2v) is 13.2. The highest BCUT2D eigenvalue weighted by atomic mass is 19.1. The Morgan fingerprint density at radius 1 is 1.00 bits per heavy atom. The topological polar surface area (TPSA) is 64.1 Å². The molecule has 2 unspecified atom stereocenters. The minimum absolute atomic E-state index is 0.0864. The molecule has 7 heteroatoms. The van der Waals surface area contributed by atoms with Crippen LogP contribution in [0.2, 0.25) is 0 Å². The van der Waals surface area contributed by atoms with Crippen molar-refractivity contribution in [1.29, 1.82) is 0 Å². The van der Waals surface area contributed by atoms with Gasteiger partial charge in [0.25, 0.3) is 0 Å². The van der Waals surface area contributed by atoms with Crippen LogP contribution in [0, 0.1) is 18.7 Å². The number of carboxylic acid groups (broad SMARTS) is 1. The van der Waals surface area contributed by atoms with Crippen LogP contribution >= 0.6 is 0 Å². The van der Waals surface area contributed by atoms with Gasteiger partial charge >= 0.3 is 5.97 Å². The first-order chi connectivity index (χ1) is 18.9. The summed E-state index contributed by atoms with van der Waals surface area (Å²) in [5, 5.41) is 9.02. The molecule has 3 aliphatic rings. The second-order valence-electron chi connectivity index (χ2n) is 13.2. The van der Waals surface area contributed by atoms with Gasteiger partial charge in [0.15, 0.2) is 0 Å². The first-order valence-corrected chi connectivity index (χ1v) is 14.8. The van der Waals surface area contributed by atoms with Crippen LogP contribution in [0.5, 0.6) is 0 Å². The Morgan fingerprint density at radius 3 is 2.42 bits per heavy atom. The molecule has 6 nitrogen and oxygen atoms in total. The maximum atomic E-state index is 15.1. The fourth-order valence-corrected chi connectivity index (χ4v) is 7.02. The number of aryl methyl sites for hydroxylation is 2. The Kier molecular flexibility index (Phi) is 8.08. The first-order valence-electron chi connectivity index (χ1n) is 14.8. The van der Waals surface area contributed by atoms with Gasteiger partial charge in [-0.3, -0.25) is 19.4 Å². The molecule has 2 aromatic carbocycles. The van der Waals surface area contributed by atoms with E-state index in [0.717, 1.165) is 37.1 Å². The van der Waals surface area contributed by atoms with E-state index < -0.39 is 5.97 Å².